The summed E-state index contributed by atoms with van der Waals surface area (Å²) in [6.45, 7) is 1.18. The highest BCUT2D eigenvalue weighted by Crippen LogP contribution is 2.27. The van der Waals surface area contributed by atoms with Gasteiger partial charge in [-0.15, -0.1) is 0 Å². The van der Waals surface area contributed by atoms with Crippen molar-refractivity contribution in [3.05, 3.63) is 23.5 Å². The molecule has 2 N–H and O–H groups in total. The standard InChI is InChI=1S/C13H16FNO4/c1-17-13(16)9-6-12(10(14)7-11(9)15)19-8-2-4-18-5-3-8/h6-8H,2-5,15H2,1H3. The molecule has 0 atom stereocenters. The van der Waals surface area contributed by atoms with E-state index in [0.717, 1.165) is 6.07 Å². The molecule has 0 spiro atoms. The Morgan fingerprint density at radius 1 is 1.42 bits per heavy atom. The minimum atomic E-state index is -0.616. The lowest BCUT2D eigenvalue weighted by atomic mass is 10.1. The minimum absolute atomic E-state index is 0.0153. The molecular weight excluding hydrogens is 253 g/mol. The van der Waals surface area contributed by atoms with E-state index in [4.69, 9.17) is 15.2 Å². The third kappa shape index (κ3) is 3.14. The Hall–Kier alpha value is -1.82. The minimum Gasteiger partial charge on any atom is -0.487 e. The number of hydrogen-bond donors (Lipinski definition) is 1. The number of carbonyl (C=O) groups is 1. The van der Waals surface area contributed by atoms with E-state index < -0.39 is 11.8 Å². The number of nitrogens with two attached hydrogens (primary N) is 1. The number of methoxy groups -OCH3 is 1. The maximum absolute atomic E-state index is 13.8. The van der Waals surface area contributed by atoms with Crippen LogP contribution in [0.1, 0.15) is 23.2 Å². The number of rotatable bonds is 3. The van der Waals surface area contributed by atoms with Gasteiger partial charge in [-0.1, -0.05) is 0 Å². The summed E-state index contributed by atoms with van der Waals surface area (Å²) in [6.07, 6.45) is 1.27. The van der Waals surface area contributed by atoms with Crippen molar-refractivity contribution >= 4 is 11.7 Å². The van der Waals surface area contributed by atoms with Crippen LogP contribution in [0.3, 0.4) is 0 Å². The molecule has 1 fully saturated rings. The molecule has 0 radical (unpaired) electrons. The fraction of sp³-hybridized carbons (Fsp3) is 0.462. The molecule has 1 aliphatic heterocycles. The van der Waals surface area contributed by atoms with Crippen molar-refractivity contribution in [3.8, 4) is 5.75 Å². The van der Waals surface area contributed by atoms with Crippen LogP contribution < -0.4 is 10.5 Å². The fourth-order valence-electron chi connectivity index (χ4n) is 1.92. The van der Waals surface area contributed by atoms with Gasteiger partial charge in [-0.05, 0) is 6.07 Å². The smallest absolute Gasteiger partial charge is 0.340 e. The average molecular weight is 269 g/mol. The van der Waals surface area contributed by atoms with Crippen molar-refractivity contribution in [3.63, 3.8) is 0 Å². The van der Waals surface area contributed by atoms with Gasteiger partial charge in [-0.2, -0.15) is 0 Å². The molecule has 0 aromatic heterocycles. The number of benzene rings is 1. The predicted molar refractivity (Wildman–Crippen MR) is 66.6 cm³/mol. The van der Waals surface area contributed by atoms with Gasteiger partial charge >= 0.3 is 5.97 Å². The summed E-state index contributed by atoms with van der Waals surface area (Å²) in [5, 5.41) is 0. The van der Waals surface area contributed by atoms with E-state index in [0.29, 0.717) is 26.1 Å². The summed E-state index contributed by atoms with van der Waals surface area (Å²) in [7, 11) is 1.24. The summed E-state index contributed by atoms with van der Waals surface area (Å²) in [5.41, 5.74) is 5.72. The van der Waals surface area contributed by atoms with Crippen LogP contribution in [0, 0.1) is 5.82 Å². The van der Waals surface area contributed by atoms with Gasteiger partial charge in [0.25, 0.3) is 0 Å². The molecule has 1 aromatic rings. The van der Waals surface area contributed by atoms with Gasteiger partial charge in [-0.3, -0.25) is 0 Å². The summed E-state index contributed by atoms with van der Waals surface area (Å²) >= 11 is 0. The fourth-order valence-corrected chi connectivity index (χ4v) is 1.92. The average Bonchev–Trinajstić information content (AvgIpc) is 2.42. The third-order valence-corrected chi connectivity index (χ3v) is 2.97. The number of ether oxygens (including phenoxy) is 3. The van der Waals surface area contributed by atoms with Crippen LogP contribution in [0.15, 0.2) is 12.1 Å². The summed E-state index contributed by atoms with van der Waals surface area (Å²) in [5.74, 6) is -1.19. The monoisotopic (exact) mass is 269 g/mol. The maximum Gasteiger partial charge on any atom is 0.340 e. The van der Waals surface area contributed by atoms with E-state index in [2.05, 4.69) is 4.74 Å². The molecule has 0 saturated carbocycles. The largest absolute Gasteiger partial charge is 0.487 e. The Balaban J connectivity index is 2.21. The van der Waals surface area contributed by atoms with Gasteiger partial charge in [0, 0.05) is 24.6 Å². The molecule has 1 heterocycles. The van der Waals surface area contributed by atoms with E-state index in [1.165, 1.54) is 13.2 Å². The lowest BCUT2D eigenvalue weighted by molar-refractivity contribution is 0.0239. The second-order valence-corrected chi connectivity index (χ2v) is 4.29. The molecule has 1 saturated heterocycles. The van der Waals surface area contributed by atoms with E-state index in [-0.39, 0.29) is 23.1 Å². The molecule has 0 aliphatic carbocycles. The van der Waals surface area contributed by atoms with Gasteiger partial charge in [0.05, 0.1) is 25.9 Å². The van der Waals surface area contributed by atoms with Crippen molar-refractivity contribution < 1.29 is 23.4 Å². The zero-order valence-electron chi connectivity index (χ0n) is 10.6. The predicted octanol–water partition coefficient (Wildman–Crippen LogP) is 1.75. The first-order valence-electron chi connectivity index (χ1n) is 6.03. The van der Waals surface area contributed by atoms with Crippen LogP contribution in [0.2, 0.25) is 0 Å². The molecule has 5 nitrogen and oxygen atoms in total. The van der Waals surface area contributed by atoms with Crippen molar-refractivity contribution in [2.45, 2.75) is 18.9 Å². The van der Waals surface area contributed by atoms with Gasteiger partial charge in [0.1, 0.15) is 6.10 Å². The van der Waals surface area contributed by atoms with Crippen molar-refractivity contribution in [2.24, 2.45) is 0 Å². The third-order valence-electron chi connectivity index (χ3n) is 2.97. The lowest BCUT2D eigenvalue weighted by Gasteiger charge is -2.23. The normalized spacial score (nSPS) is 16.1. The molecule has 1 aromatic carbocycles. The van der Waals surface area contributed by atoms with Crippen LogP contribution in [0.25, 0.3) is 0 Å². The first-order chi connectivity index (χ1) is 9.11. The zero-order chi connectivity index (χ0) is 13.8. The van der Waals surface area contributed by atoms with E-state index in [1.54, 1.807) is 0 Å². The van der Waals surface area contributed by atoms with Gasteiger partial charge in [0.2, 0.25) is 0 Å². The topological polar surface area (TPSA) is 70.8 Å². The molecular formula is C13H16FNO4. The molecule has 19 heavy (non-hydrogen) atoms. The lowest BCUT2D eigenvalue weighted by Crippen LogP contribution is -2.26. The second kappa shape index (κ2) is 5.88. The maximum atomic E-state index is 13.8. The van der Waals surface area contributed by atoms with E-state index >= 15 is 0 Å². The highest BCUT2D eigenvalue weighted by atomic mass is 19.1. The van der Waals surface area contributed by atoms with E-state index in [9.17, 15) is 9.18 Å². The second-order valence-electron chi connectivity index (χ2n) is 4.29. The first-order valence-corrected chi connectivity index (χ1v) is 6.03. The summed E-state index contributed by atoms with van der Waals surface area (Å²) in [6, 6.07) is 2.35. The Morgan fingerprint density at radius 3 is 2.74 bits per heavy atom. The molecule has 0 unspecified atom stereocenters. The molecule has 6 heteroatoms. The van der Waals surface area contributed by atoms with E-state index in [1.807, 2.05) is 0 Å². The first kappa shape index (κ1) is 13.6. The van der Waals surface area contributed by atoms with Crippen LogP contribution in [0.4, 0.5) is 10.1 Å². The van der Waals surface area contributed by atoms with Crippen LogP contribution in [-0.4, -0.2) is 32.4 Å². The van der Waals surface area contributed by atoms with Gasteiger partial charge < -0.3 is 19.9 Å². The number of esters is 1. The van der Waals surface area contributed by atoms with Crippen LogP contribution in [0.5, 0.6) is 5.75 Å². The molecule has 1 aliphatic rings. The molecule has 104 valence electrons. The Bertz CT molecular complexity index is 472. The Morgan fingerprint density at radius 2 is 2.11 bits per heavy atom. The number of carbonyl (C=O) groups excluding carboxylic acids is 1. The highest BCUT2D eigenvalue weighted by molar-refractivity contribution is 5.95. The summed E-state index contributed by atoms with van der Waals surface area (Å²) < 4.78 is 29.1. The van der Waals surface area contributed by atoms with Crippen LogP contribution in [-0.2, 0) is 9.47 Å². The van der Waals surface area contributed by atoms with Crippen molar-refractivity contribution in [1.82, 2.24) is 0 Å². The van der Waals surface area contributed by atoms with Crippen LogP contribution >= 0.6 is 0 Å². The zero-order valence-corrected chi connectivity index (χ0v) is 10.6. The molecule has 0 amide bonds. The molecule has 2 rings (SSSR count). The van der Waals surface area contributed by atoms with Gasteiger partial charge in [0.15, 0.2) is 11.6 Å². The molecule has 0 bridgehead atoms. The number of nitrogen functional groups attached to an aromatic ring is 1. The Kier molecular flexibility index (Phi) is 4.21. The quantitative estimate of drug-likeness (QED) is 0.668. The van der Waals surface area contributed by atoms with Gasteiger partial charge in [-0.25, -0.2) is 9.18 Å². The van der Waals surface area contributed by atoms with Crippen molar-refractivity contribution in [2.75, 3.05) is 26.1 Å². The SMILES string of the molecule is COC(=O)c1cc(OC2CCOCC2)c(F)cc1N. The number of halogens is 1. The summed E-state index contributed by atoms with van der Waals surface area (Å²) in [4.78, 5) is 11.5. The van der Waals surface area contributed by atoms with Crippen molar-refractivity contribution in [1.29, 1.82) is 0 Å². The number of anilines is 1. The highest BCUT2D eigenvalue weighted by Gasteiger charge is 2.20. The Labute approximate surface area is 110 Å². The number of hydrogen-bond acceptors (Lipinski definition) is 5.